The van der Waals surface area contributed by atoms with Crippen molar-refractivity contribution in [2.24, 2.45) is 0 Å². The van der Waals surface area contributed by atoms with Gasteiger partial charge in [-0.25, -0.2) is 4.98 Å². The number of hydrogen-bond donors (Lipinski definition) is 2. The molecule has 1 aromatic rings. The first-order valence-corrected chi connectivity index (χ1v) is 12.8. The number of hydrogen-bond acceptors (Lipinski definition) is 5. The van der Waals surface area contributed by atoms with Crippen LogP contribution in [0.1, 0.15) is 75.5 Å². The fourth-order valence-electron chi connectivity index (χ4n) is 4.20. The van der Waals surface area contributed by atoms with Gasteiger partial charge >= 0.3 is 5.97 Å². The Labute approximate surface area is 198 Å². The van der Waals surface area contributed by atoms with Gasteiger partial charge in [0.05, 0.1) is 18.2 Å². The fraction of sp³-hybridized carbons (Fsp3) is 0.480. The molecule has 1 aromatic heterocycles. The van der Waals surface area contributed by atoms with Crippen molar-refractivity contribution in [1.29, 1.82) is 0 Å². The van der Waals surface area contributed by atoms with Crippen molar-refractivity contribution >= 4 is 41.1 Å². The standard InChI is InChI=1S/C25H32N2O3S2/c1-5-6-19-8-7-16(2)11-21-17(3)9-10-25(32-21,14-23(29)30)13-22(28)26-18(4)24-27-20(12-19)15-31-24/h7-8,12,15,18,21H,2-3,5-6,9-11,13-14H2,1,4H3,(H,26,28)(H,29,30)/b8-7+,19-12-/t18-,21-,25+/m1/s1. The van der Waals surface area contributed by atoms with E-state index in [9.17, 15) is 14.7 Å². The maximum absolute atomic E-state index is 13.0. The third kappa shape index (κ3) is 6.45. The summed E-state index contributed by atoms with van der Waals surface area (Å²) in [6.45, 7) is 12.6. The maximum Gasteiger partial charge on any atom is 0.304 e. The number of carboxylic acid groups (broad SMARTS) is 1. The Hall–Kier alpha value is -2.12. The Morgan fingerprint density at radius 2 is 2.16 bits per heavy atom. The van der Waals surface area contributed by atoms with Crippen LogP contribution in [-0.4, -0.2) is 32.0 Å². The van der Waals surface area contributed by atoms with Gasteiger partial charge in [-0.05, 0) is 44.3 Å². The number of thiazole rings is 1. The summed E-state index contributed by atoms with van der Waals surface area (Å²) in [6, 6.07) is -0.228. The third-order valence-corrected chi connectivity index (χ3v) is 8.67. The van der Waals surface area contributed by atoms with Gasteiger partial charge in [0.25, 0.3) is 0 Å². The maximum atomic E-state index is 13.0. The SMILES string of the molecule is C=C1/C=C/C(CCC)=C\c2csc(n2)[C@@H](C)NC(=O)C[C@]2(CC(=O)O)CCC(=C)[C@@H](C1)S2. The normalized spacial score (nSPS) is 29.7. The molecule has 0 aromatic carbocycles. The molecule has 2 aliphatic heterocycles. The summed E-state index contributed by atoms with van der Waals surface area (Å²) in [5.74, 6) is -1.01. The third-order valence-electron chi connectivity index (χ3n) is 5.85. The number of aromatic nitrogens is 1. The number of aliphatic carboxylic acids is 1. The van der Waals surface area contributed by atoms with Crippen LogP contribution in [0, 0.1) is 0 Å². The summed E-state index contributed by atoms with van der Waals surface area (Å²) < 4.78 is -0.649. The van der Waals surface area contributed by atoms with E-state index in [1.807, 2.05) is 12.3 Å². The minimum atomic E-state index is -0.878. The number of nitrogens with one attached hydrogen (secondary N) is 1. The highest BCUT2D eigenvalue weighted by Crippen LogP contribution is 2.49. The highest BCUT2D eigenvalue weighted by molar-refractivity contribution is 8.01. The zero-order valence-corrected chi connectivity index (χ0v) is 20.5. The minimum absolute atomic E-state index is 0.0453. The summed E-state index contributed by atoms with van der Waals surface area (Å²) >= 11 is 3.11. The van der Waals surface area contributed by atoms with Crippen LogP contribution in [0.25, 0.3) is 6.08 Å². The van der Waals surface area contributed by atoms with Gasteiger partial charge in [-0.2, -0.15) is 0 Å². The number of amides is 1. The van der Waals surface area contributed by atoms with Crippen LogP contribution in [0.15, 0.2) is 47.4 Å². The zero-order valence-electron chi connectivity index (χ0n) is 18.9. The molecule has 32 heavy (non-hydrogen) atoms. The summed E-state index contributed by atoms with van der Waals surface area (Å²) in [5, 5.41) is 15.5. The van der Waals surface area contributed by atoms with E-state index in [0.717, 1.165) is 41.1 Å². The number of fused-ring (bicyclic) bond motifs is 4. The van der Waals surface area contributed by atoms with Gasteiger partial charge in [-0.3, -0.25) is 9.59 Å². The molecule has 3 atom stereocenters. The summed E-state index contributed by atoms with van der Waals surface area (Å²) in [6.07, 6.45) is 10.4. The lowest BCUT2D eigenvalue weighted by Crippen LogP contribution is -2.41. The van der Waals surface area contributed by atoms with E-state index >= 15 is 0 Å². The van der Waals surface area contributed by atoms with Gasteiger partial charge in [-0.1, -0.05) is 49.8 Å². The molecule has 0 unspecified atom stereocenters. The molecule has 3 rings (SSSR count). The Balaban J connectivity index is 1.97. The van der Waals surface area contributed by atoms with E-state index in [-0.39, 0.29) is 30.0 Å². The molecular formula is C25H32N2O3S2. The van der Waals surface area contributed by atoms with E-state index < -0.39 is 10.7 Å². The molecule has 1 saturated heterocycles. The Morgan fingerprint density at radius 1 is 1.38 bits per heavy atom. The molecule has 2 aliphatic rings. The molecule has 3 heterocycles. The fourth-order valence-corrected chi connectivity index (χ4v) is 6.81. The predicted molar refractivity (Wildman–Crippen MR) is 134 cm³/mol. The summed E-state index contributed by atoms with van der Waals surface area (Å²) in [7, 11) is 0. The topological polar surface area (TPSA) is 79.3 Å². The van der Waals surface area contributed by atoms with Crippen LogP contribution >= 0.6 is 23.1 Å². The second kappa shape index (κ2) is 10.7. The van der Waals surface area contributed by atoms with Crippen molar-refractivity contribution in [3.63, 3.8) is 0 Å². The van der Waals surface area contributed by atoms with Gasteiger partial charge in [0.15, 0.2) is 0 Å². The van der Waals surface area contributed by atoms with Crippen LogP contribution in [-0.2, 0) is 9.59 Å². The molecule has 5 nitrogen and oxygen atoms in total. The molecule has 7 heteroatoms. The van der Waals surface area contributed by atoms with Crippen molar-refractivity contribution in [3.05, 3.63) is 58.1 Å². The molecular weight excluding hydrogens is 440 g/mol. The quantitative estimate of drug-likeness (QED) is 0.520. The predicted octanol–water partition coefficient (Wildman–Crippen LogP) is 6.08. The lowest BCUT2D eigenvalue weighted by atomic mass is 9.89. The number of allylic oxidation sites excluding steroid dienone is 4. The van der Waals surface area contributed by atoms with Crippen molar-refractivity contribution in [1.82, 2.24) is 10.3 Å². The lowest BCUT2D eigenvalue weighted by molar-refractivity contribution is -0.137. The second-order valence-corrected chi connectivity index (χ2v) is 11.3. The molecule has 4 bridgehead atoms. The van der Waals surface area contributed by atoms with Crippen molar-refractivity contribution < 1.29 is 14.7 Å². The van der Waals surface area contributed by atoms with Crippen molar-refractivity contribution in [2.75, 3.05) is 0 Å². The smallest absolute Gasteiger partial charge is 0.304 e. The van der Waals surface area contributed by atoms with Crippen molar-refractivity contribution in [3.8, 4) is 0 Å². The van der Waals surface area contributed by atoms with Gasteiger partial charge in [0.2, 0.25) is 5.91 Å². The highest BCUT2D eigenvalue weighted by atomic mass is 32.2. The van der Waals surface area contributed by atoms with Crippen LogP contribution < -0.4 is 5.32 Å². The largest absolute Gasteiger partial charge is 0.481 e. The van der Waals surface area contributed by atoms with Crippen molar-refractivity contribution in [2.45, 2.75) is 74.8 Å². The van der Waals surface area contributed by atoms with Crippen LogP contribution in [0.5, 0.6) is 0 Å². The molecule has 172 valence electrons. The second-order valence-electron chi connectivity index (χ2n) is 8.76. The highest BCUT2D eigenvalue weighted by Gasteiger charge is 2.42. The van der Waals surface area contributed by atoms with Gasteiger partial charge in [0.1, 0.15) is 5.01 Å². The van der Waals surface area contributed by atoms with Crippen LogP contribution in [0.3, 0.4) is 0 Å². The zero-order chi connectivity index (χ0) is 23.3. The minimum Gasteiger partial charge on any atom is -0.481 e. The van der Waals surface area contributed by atoms with Gasteiger partial charge < -0.3 is 10.4 Å². The van der Waals surface area contributed by atoms with E-state index in [1.165, 1.54) is 16.9 Å². The Bertz CT molecular complexity index is 962. The molecule has 0 spiro atoms. The van der Waals surface area contributed by atoms with Gasteiger partial charge in [-0.15, -0.1) is 23.1 Å². The van der Waals surface area contributed by atoms with Crippen LogP contribution in [0.2, 0.25) is 0 Å². The monoisotopic (exact) mass is 472 g/mol. The van der Waals surface area contributed by atoms with Crippen LogP contribution in [0.4, 0.5) is 0 Å². The summed E-state index contributed by atoms with van der Waals surface area (Å²) in [5.41, 5.74) is 4.14. The average Bonchev–Trinajstić information content (AvgIpc) is 3.16. The molecule has 0 saturated carbocycles. The first-order valence-electron chi connectivity index (χ1n) is 11.1. The summed E-state index contributed by atoms with van der Waals surface area (Å²) in [4.78, 5) is 29.4. The average molecular weight is 473 g/mol. The first-order chi connectivity index (χ1) is 15.2. The molecule has 0 radical (unpaired) electrons. The first kappa shape index (κ1) is 24.5. The number of carbonyl (C=O) groups excluding carboxylic acids is 1. The van der Waals surface area contributed by atoms with E-state index in [1.54, 1.807) is 11.8 Å². The molecule has 1 fully saturated rings. The Morgan fingerprint density at radius 3 is 2.88 bits per heavy atom. The molecule has 2 N–H and O–H groups in total. The van der Waals surface area contributed by atoms with E-state index in [2.05, 4.69) is 43.6 Å². The molecule has 0 aliphatic carbocycles. The number of rotatable bonds is 4. The number of thioether (sulfide) groups is 1. The number of nitrogens with zero attached hydrogens (tertiary/aromatic N) is 1. The van der Waals surface area contributed by atoms with E-state index in [4.69, 9.17) is 4.98 Å². The lowest BCUT2D eigenvalue weighted by Gasteiger charge is -2.40. The Kier molecular flexibility index (Phi) is 8.17. The van der Waals surface area contributed by atoms with Gasteiger partial charge in [0, 0.05) is 21.8 Å². The van der Waals surface area contributed by atoms with E-state index in [0.29, 0.717) is 12.8 Å². The molecule has 1 amide bonds. The number of carboxylic acids is 1. The number of carbonyl (C=O) groups is 2.